The third kappa shape index (κ3) is 2.94. The largest absolute Gasteiger partial charge is 0.366 e. The summed E-state index contributed by atoms with van der Waals surface area (Å²) < 4.78 is 2.15. The Balaban J connectivity index is 1.92. The van der Waals surface area contributed by atoms with E-state index < -0.39 is 5.91 Å². The average Bonchev–Trinajstić information content (AvgIpc) is 3.22. The maximum absolute atomic E-state index is 11.5. The van der Waals surface area contributed by atoms with Crippen LogP contribution in [0.4, 0.5) is 0 Å². The summed E-state index contributed by atoms with van der Waals surface area (Å²) in [4.78, 5) is 17.5. The third-order valence-electron chi connectivity index (χ3n) is 4.21. The number of benzene rings is 2. The zero-order chi connectivity index (χ0) is 17.4. The van der Waals surface area contributed by atoms with Crippen LogP contribution in [-0.4, -0.2) is 15.5 Å². The second kappa shape index (κ2) is 6.18. The van der Waals surface area contributed by atoms with E-state index in [2.05, 4.69) is 47.2 Å². The van der Waals surface area contributed by atoms with Crippen LogP contribution in [-0.2, 0) is 6.42 Å². The molecule has 0 aliphatic carbocycles. The monoisotopic (exact) mass is 347 g/mol. The number of fused-ring (bicyclic) bond motifs is 1. The number of carbonyl (C=O) groups is 1. The molecule has 0 radical (unpaired) electrons. The van der Waals surface area contributed by atoms with Gasteiger partial charge in [-0.2, -0.15) is 0 Å². The Labute approximate surface area is 149 Å². The normalized spacial score (nSPS) is 11.1. The molecule has 0 spiro atoms. The van der Waals surface area contributed by atoms with E-state index in [0.29, 0.717) is 5.56 Å². The lowest BCUT2D eigenvalue weighted by Gasteiger charge is -2.09. The van der Waals surface area contributed by atoms with Gasteiger partial charge in [-0.05, 0) is 48.7 Å². The first-order chi connectivity index (χ1) is 12.1. The molecule has 2 aromatic heterocycles. The number of aryl methyl sites for hydroxylation is 1. The minimum atomic E-state index is -0.438. The van der Waals surface area contributed by atoms with E-state index in [1.807, 2.05) is 12.1 Å². The number of amides is 1. The first-order valence-electron chi connectivity index (χ1n) is 8.02. The SMILES string of the molecule is Cc1ccc(-n2c(Cc3cccs3)nc3cc(C(N)=O)ccc32)cc1. The van der Waals surface area contributed by atoms with Crippen LogP contribution in [0, 0.1) is 6.92 Å². The van der Waals surface area contributed by atoms with Crippen LogP contribution >= 0.6 is 11.3 Å². The Morgan fingerprint density at radius 1 is 1.16 bits per heavy atom. The van der Waals surface area contributed by atoms with E-state index in [1.54, 1.807) is 23.5 Å². The van der Waals surface area contributed by atoms with E-state index in [1.165, 1.54) is 10.4 Å². The van der Waals surface area contributed by atoms with Gasteiger partial charge in [0.1, 0.15) is 5.82 Å². The maximum atomic E-state index is 11.5. The second-order valence-corrected chi connectivity index (χ2v) is 7.06. The fourth-order valence-electron chi connectivity index (χ4n) is 2.95. The fraction of sp³-hybridized carbons (Fsp3) is 0.100. The fourth-order valence-corrected chi connectivity index (χ4v) is 3.65. The van der Waals surface area contributed by atoms with Crippen molar-refractivity contribution >= 4 is 28.3 Å². The van der Waals surface area contributed by atoms with Crippen molar-refractivity contribution in [3.63, 3.8) is 0 Å². The number of nitrogens with two attached hydrogens (primary N) is 1. The van der Waals surface area contributed by atoms with E-state index in [0.717, 1.165) is 29.0 Å². The summed E-state index contributed by atoms with van der Waals surface area (Å²) >= 11 is 1.71. The van der Waals surface area contributed by atoms with Gasteiger partial charge in [-0.3, -0.25) is 9.36 Å². The molecular weight excluding hydrogens is 330 g/mol. The highest BCUT2D eigenvalue weighted by Crippen LogP contribution is 2.25. The molecule has 0 atom stereocenters. The van der Waals surface area contributed by atoms with E-state index in [-0.39, 0.29) is 0 Å². The Kier molecular flexibility index (Phi) is 3.86. The predicted octanol–water partition coefficient (Wildman–Crippen LogP) is 4.09. The number of primary amides is 1. The first-order valence-corrected chi connectivity index (χ1v) is 8.90. The molecule has 0 fully saturated rings. The predicted molar refractivity (Wildman–Crippen MR) is 101 cm³/mol. The molecule has 5 heteroatoms. The lowest BCUT2D eigenvalue weighted by molar-refractivity contribution is 0.100. The summed E-state index contributed by atoms with van der Waals surface area (Å²) in [7, 11) is 0. The number of carbonyl (C=O) groups excluding carboxylic acids is 1. The van der Waals surface area contributed by atoms with Gasteiger partial charge in [0.15, 0.2) is 0 Å². The van der Waals surface area contributed by atoms with Crippen LogP contribution in [0.15, 0.2) is 60.0 Å². The molecular formula is C20H17N3OS. The second-order valence-electron chi connectivity index (χ2n) is 6.02. The summed E-state index contributed by atoms with van der Waals surface area (Å²) in [6, 6.07) is 18.0. The highest BCUT2D eigenvalue weighted by molar-refractivity contribution is 7.09. The van der Waals surface area contributed by atoms with Crippen LogP contribution in [0.1, 0.15) is 26.6 Å². The van der Waals surface area contributed by atoms with Gasteiger partial charge in [-0.15, -0.1) is 11.3 Å². The Morgan fingerprint density at radius 2 is 1.96 bits per heavy atom. The molecule has 4 rings (SSSR count). The minimum Gasteiger partial charge on any atom is -0.366 e. The lowest BCUT2D eigenvalue weighted by atomic mass is 10.2. The van der Waals surface area contributed by atoms with Crippen molar-refractivity contribution in [2.24, 2.45) is 5.73 Å². The number of aromatic nitrogens is 2. The number of hydrogen-bond acceptors (Lipinski definition) is 3. The minimum absolute atomic E-state index is 0.438. The van der Waals surface area contributed by atoms with E-state index >= 15 is 0 Å². The molecule has 0 saturated heterocycles. The molecule has 124 valence electrons. The van der Waals surface area contributed by atoms with Crippen molar-refractivity contribution in [1.82, 2.24) is 9.55 Å². The molecule has 0 bridgehead atoms. The maximum Gasteiger partial charge on any atom is 0.248 e. The van der Waals surface area contributed by atoms with Gasteiger partial charge in [-0.1, -0.05) is 23.8 Å². The van der Waals surface area contributed by atoms with Gasteiger partial charge >= 0.3 is 0 Å². The van der Waals surface area contributed by atoms with Gasteiger partial charge in [0.25, 0.3) is 0 Å². The highest BCUT2D eigenvalue weighted by atomic mass is 32.1. The zero-order valence-electron chi connectivity index (χ0n) is 13.8. The molecule has 0 aliphatic heterocycles. The average molecular weight is 347 g/mol. The van der Waals surface area contributed by atoms with Crippen LogP contribution in [0.3, 0.4) is 0 Å². The summed E-state index contributed by atoms with van der Waals surface area (Å²) in [6.07, 6.45) is 0.742. The highest BCUT2D eigenvalue weighted by Gasteiger charge is 2.15. The van der Waals surface area contributed by atoms with Crippen LogP contribution in [0.2, 0.25) is 0 Å². The summed E-state index contributed by atoms with van der Waals surface area (Å²) in [5.74, 6) is 0.509. The molecule has 4 nitrogen and oxygen atoms in total. The van der Waals surface area contributed by atoms with Gasteiger partial charge < -0.3 is 5.73 Å². The Morgan fingerprint density at radius 3 is 2.64 bits per heavy atom. The van der Waals surface area contributed by atoms with Crippen molar-refractivity contribution in [2.45, 2.75) is 13.3 Å². The molecule has 0 aliphatic rings. The molecule has 2 heterocycles. The number of nitrogens with zero attached hydrogens (tertiary/aromatic N) is 2. The molecule has 25 heavy (non-hydrogen) atoms. The van der Waals surface area contributed by atoms with Crippen molar-refractivity contribution in [2.75, 3.05) is 0 Å². The number of thiophene rings is 1. The quantitative estimate of drug-likeness (QED) is 0.604. The third-order valence-corrected chi connectivity index (χ3v) is 5.09. The van der Waals surface area contributed by atoms with Crippen LogP contribution in [0.25, 0.3) is 16.7 Å². The van der Waals surface area contributed by atoms with E-state index in [4.69, 9.17) is 10.7 Å². The first kappa shape index (κ1) is 15.6. The molecule has 2 aromatic carbocycles. The number of rotatable bonds is 4. The summed E-state index contributed by atoms with van der Waals surface area (Å²) in [5, 5.41) is 2.07. The van der Waals surface area contributed by atoms with Crippen molar-refractivity contribution < 1.29 is 4.79 Å². The molecule has 0 unspecified atom stereocenters. The smallest absolute Gasteiger partial charge is 0.248 e. The van der Waals surface area contributed by atoms with Crippen LogP contribution in [0.5, 0.6) is 0 Å². The zero-order valence-corrected chi connectivity index (χ0v) is 14.6. The molecule has 0 saturated carbocycles. The Hall–Kier alpha value is -2.92. The summed E-state index contributed by atoms with van der Waals surface area (Å²) in [6.45, 7) is 2.07. The van der Waals surface area contributed by atoms with Gasteiger partial charge in [-0.25, -0.2) is 4.98 Å². The van der Waals surface area contributed by atoms with Crippen LogP contribution < -0.4 is 5.73 Å². The topological polar surface area (TPSA) is 60.9 Å². The lowest BCUT2D eigenvalue weighted by Crippen LogP contribution is -2.10. The standard InChI is InChI=1S/C20H17N3OS/c1-13-4-7-15(8-5-13)23-18-9-6-14(20(21)24)11-17(18)22-19(23)12-16-3-2-10-25-16/h2-11H,12H2,1H3,(H2,21,24). The van der Waals surface area contributed by atoms with Crippen molar-refractivity contribution in [3.05, 3.63) is 81.8 Å². The van der Waals surface area contributed by atoms with Gasteiger partial charge in [0.05, 0.1) is 11.0 Å². The van der Waals surface area contributed by atoms with Gasteiger partial charge in [0, 0.05) is 22.5 Å². The summed E-state index contributed by atoms with van der Waals surface area (Å²) in [5.41, 5.74) is 9.92. The number of imidazole rings is 1. The van der Waals surface area contributed by atoms with Gasteiger partial charge in [0.2, 0.25) is 5.91 Å². The van der Waals surface area contributed by atoms with Crippen molar-refractivity contribution in [3.8, 4) is 5.69 Å². The Bertz CT molecular complexity index is 1050. The number of hydrogen-bond donors (Lipinski definition) is 1. The molecule has 4 aromatic rings. The molecule has 1 amide bonds. The van der Waals surface area contributed by atoms with E-state index in [9.17, 15) is 4.79 Å². The van der Waals surface area contributed by atoms with Crippen molar-refractivity contribution in [1.29, 1.82) is 0 Å². The molecule has 2 N–H and O–H groups in total.